The van der Waals surface area contributed by atoms with Crippen molar-refractivity contribution in [2.24, 2.45) is 7.05 Å². The van der Waals surface area contributed by atoms with Crippen LogP contribution in [0.1, 0.15) is 115 Å². The van der Waals surface area contributed by atoms with Gasteiger partial charge in [-0.3, -0.25) is 29.9 Å². The first-order chi connectivity index (χ1) is 50.5. The van der Waals surface area contributed by atoms with E-state index in [0.717, 1.165) is 92.4 Å². The van der Waals surface area contributed by atoms with Crippen LogP contribution < -0.4 is 0 Å². The van der Waals surface area contributed by atoms with E-state index in [4.69, 9.17) is 0 Å². The summed E-state index contributed by atoms with van der Waals surface area (Å²) in [4.78, 5) is 27.0. The number of para-hydroxylation sites is 1. The van der Waals surface area contributed by atoms with E-state index in [2.05, 4.69) is 227 Å². The molecule has 0 spiro atoms. The summed E-state index contributed by atoms with van der Waals surface area (Å²) in [5.41, 5.74) is 31.4. The van der Waals surface area contributed by atoms with Crippen molar-refractivity contribution >= 4 is 49.3 Å². The van der Waals surface area contributed by atoms with Gasteiger partial charge in [0.15, 0.2) is 0 Å². The summed E-state index contributed by atoms with van der Waals surface area (Å²) >= 11 is 0. The van der Waals surface area contributed by atoms with Gasteiger partial charge in [-0.15, -0.1) is 218 Å². The number of allylic oxidation sites excluding steroid dienone is 3. The normalized spacial score (nSPS) is 13.5. The number of pyridine rings is 6. The molecule has 0 N–H and O–H groups in total. The molecule has 0 atom stereocenters. The predicted octanol–water partition coefficient (Wildman–Crippen LogP) is 21.9. The second-order valence-corrected chi connectivity index (χ2v) is 27.5. The fourth-order valence-corrected chi connectivity index (χ4v) is 15.7. The van der Waals surface area contributed by atoms with E-state index in [9.17, 15) is 0 Å². The van der Waals surface area contributed by atoms with E-state index in [1.165, 1.54) is 102 Å². The Balaban J connectivity index is 0.000000149. The molecule has 7 heterocycles. The standard InChI is InChI=1S/C19H18N.C17H14N.C16H14N.2C15H10N.C14H11N2.4Ir.2Pt/c1-18(2)13-9-6-5-8-12(13)15-16-14(10-7-11-20-16)19(3,4)17(15)18;1-2-6-15-12(4-1)7-8-13-9-10-14-5-3-11-18-17(14)16(13)15;1-12-9-10-13-6-2-3-7-14(13)16(12)15-8-4-5-11-17-15;1-2-8-13-12(6-1)7-5-9-14(13)15-10-3-4-11-16-15;1-2-6-12(7-3-1)14-10-4-8-13-9-5-11-16-15(13)14;1-16-10-12(13-7-4-5-9-15-13)11-6-2-3-8-14(11)16;;;;;;/h5-7,9-11H,1-4H3;1-5,11H,7-10H2;2-6,8,11H,9-10H2,1H3;1-7,9-11H;1-6,8-11H;2-5,7-10H,1H3;;;;;;/q6*-1;;;;;;. The molecule has 7 nitrogen and oxygen atoms in total. The summed E-state index contributed by atoms with van der Waals surface area (Å²) in [6, 6.07) is 102. The zero-order valence-electron chi connectivity index (χ0n) is 61.0. The van der Waals surface area contributed by atoms with E-state index in [0.29, 0.717) is 0 Å². The van der Waals surface area contributed by atoms with E-state index < -0.39 is 0 Å². The first-order valence-electron chi connectivity index (χ1n) is 35.5. The van der Waals surface area contributed by atoms with Gasteiger partial charge in [0.25, 0.3) is 0 Å². The van der Waals surface area contributed by atoms with Gasteiger partial charge in [-0.25, -0.2) is 0 Å². The molecule has 20 rings (SSSR count). The van der Waals surface area contributed by atoms with Crippen LogP contribution in [0.4, 0.5) is 0 Å². The number of rotatable bonds is 4. The van der Waals surface area contributed by atoms with Crippen LogP contribution in [0, 0.1) is 36.4 Å². The van der Waals surface area contributed by atoms with Gasteiger partial charge in [0.2, 0.25) is 0 Å². The van der Waals surface area contributed by atoms with Gasteiger partial charge < -0.3 is 4.57 Å². The smallest absolute Gasteiger partial charge is 0.0366 e. The van der Waals surface area contributed by atoms with Crippen LogP contribution in [0.5, 0.6) is 0 Å². The molecule has 8 aromatic carbocycles. The number of hydrogen-bond donors (Lipinski definition) is 0. The van der Waals surface area contributed by atoms with Crippen molar-refractivity contribution in [3.05, 3.63) is 401 Å². The fraction of sp³-hybridized carbons (Fsp3) is 0.146. The van der Waals surface area contributed by atoms with Crippen LogP contribution in [0.3, 0.4) is 0 Å². The average Bonchev–Trinajstić information content (AvgIpc) is 1.53. The molecule has 109 heavy (non-hydrogen) atoms. The summed E-state index contributed by atoms with van der Waals surface area (Å²) in [6.07, 6.45) is 20.2. The van der Waals surface area contributed by atoms with Gasteiger partial charge in [0.05, 0.1) is 0 Å². The number of aryl methyl sites for hydroxylation is 4. The number of nitrogens with zero attached hydrogens (tertiary/aromatic N) is 7. The molecule has 13 heteroatoms. The minimum Gasteiger partial charge on any atom is -0.398 e. The molecule has 0 saturated carbocycles. The van der Waals surface area contributed by atoms with Crippen molar-refractivity contribution in [2.45, 2.75) is 84.0 Å². The third-order valence-corrected chi connectivity index (χ3v) is 20.4. The zero-order valence-corrected chi connectivity index (χ0v) is 75.1. The minimum absolute atomic E-state index is 0. The Morgan fingerprint density at radius 3 is 1.51 bits per heavy atom. The van der Waals surface area contributed by atoms with Crippen LogP contribution in [0.2, 0.25) is 0 Å². The van der Waals surface area contributed by atoms with Gasteiger partial charge >= 0.3 is 0 Å². The molecule has 0 bridgehead atoms. The second-order valence-electron chi connectivity index (χ2n) is 27.5. The molecule has 558 valence electrons. The number of fused-ring (bicyclic) bond motifs is 12. The second kappa shape index (κ2) is 38.7. The molecule has 0 fully saturated rings. The molecule has 0 aliphatic heterocycles. The molecular formula is C96H77Ir4N7Pt2-6. The van der Waals surface area contributed by atoms with Crippen molar-refractivity contribution in [2.75, 3.05) is 0 Å². The van der Waals surface area contributed by atoms with E-state index in [-0.39, 0.29) is 133 Å². The van der Waals surface area contributed by atoms with Crippen LogP contribution >= 0.6 is 0 Å². The maximum atomic E-state index is 4.68. The van der Waals surface area contributed by atoms with E-state index >= 15 is 0 Å². The van der Waals surface area contributed by atoms with Gasteiger partial charge in [0, 0.05) is 206 Å². The summed E-state index contributed by atoms with van der Waals surface area (Å²) in [7, 11) is 2.04. The summed E-state index contributed by atoms with van der Waals surface area (Å²) < 4.78 is 2.11. The maximum absolute atomic E-state index is 4.68. The molecule has 15 aromatic rings. The van der Waals surface area contributed by atoms with Crippen LogP contribution in [-0.4, -0.2) is 34.5 Å². The molecule has 5 aliphatic rings. The van der Waals surface area contributed by atoms with Crippen molar-refractivity contribution < 1.29 is 123 Å². The zero-order chi connectivity index (χ0) is 70.3. The van der Waals surface area contributed by atoms with Crippen LogP contribution in [0.15, 0.2) is 303 Å². The largest absolute Gasteiger partial charge is 0.398 e. The Bertz CT molecular complexity index is 5440. The predicted molar refractivity (Wildman–Crippen MR) is 420 cm³/mol. The van der Waals surface area contributed by atoms with Gasteiger partial charge in [-0.1, -0.05) is 159 Å². The van der Waals surface area contributed by atoms with E-state index in [1.807, 2.05) is 172 Å². The first kappa shape index (κ1) is 84.9. The Morgan fingerprint density at radius 2 is 0.835 bits per heavy atom. The number of aromatic nitrogens is 7. The van der Waals surface area contributed by atoms with Crippen molar-refractivity contribution in [1.82, 2.24) is 34.5 Å². The van der Waals surface area contributed by atoms with Crippen molar-refractivity contribution in [1.29, 1.82) is 0 Å². The first-order valence-corrected chi connectivity index (χ1v) is 35.5. The minimum atomic E-state index is 0. The molecule has 7 aromatic heterocycles. The molecular weight excluding hydrogens is 2410 g/mol. The summed E-state index contributed by atoms with van der Waals surface area (Å²) in [6.45, 7) is 11.5. The number of hydrogen-bond acceptors (Lipinski definition) is 6. The Hall–Kier alpha value is -8.09. The molecule has 5 aliphatic carbocycles. The quantitative estimate of drug-likeness (QED) is 0.163. The Kier molecular flexibility index (Phi) is 30.2. The monoisotopic (exact) mass is 2490 g/mol. The molecule has 4 radical (unpaired) electrons. The van der Waals surface area contributed by atoms with Crippen LogP contribution in [0.25, 0.3) is 82.9 Å². The van der Waals surface area contributed by atoms with Gasteiger partial charge in [0.1, 0.15) is 0 Å². The fourth-order valence-electron chi connectivity index (χ4n) is 15.7. The van der Waals surface area contributed by atoms with E-state index in [1.54, 1.807) is 5.57 Å². The third-order valence-electron chi connectivity index (χ3n) is 20.4. The molecule has 0 amide bonds. The SMILES string of the molecule is CC1(C)C2=C(c3[c-]cccc31)c1ncccc1C2(C)C.CC1=C(c2ccccn2)c2[c-]cccc2CC1.Cn1cc(-c2ccccn2)c2[c-]cccc21.[Ir].[Ir].[Ir].[Ir].[Pt].[Pt].[c-]1cccc2c1C1=C(CC2)CCc2cccnc21.[c-]1cccc2cccc(-c3ccccn3)c12.[c-]1ccccc1-c1cccc2cccnc12. The topological polar surface area (TPSA) is 82.3 Å². The Morgan fingerprint density at radius 1 is 0.349 bits per heavy atom. The van der Waals surface area contributed by atoms with Gasteiger partial charge in [-0.2, -0.15) is 0 Å². The number of benzene rings is 8. The van der Waals surface area contributed by atoms with Gasteiger partial charge in [-0.05, 0) is 114 Å². The van der Waals surface area contributed by atoms with Crippen LogP contribution in [-0.2, 0) is 160 Å². The van der Waals surface area contributed by atoms with Crippen molar-refractivity contribution in [3.63, 3.8) is 0 Å². The average molecular weight is 2490 g/mol. The maximum Gasteiger partial charge on any atom is 0.0366 e. The third kappa shape index (κ3) is 18.0. The van der Waals surface area contributed by atoms with Crippen molar-refractivity contribution in [3.8, 4) is 33.6 Å². The Labute approximate surface area is 724 Å². The summed E-state index contributed by atoms with van der Waals surface area (Å²) in [5.74, 6) is 0. The molecule has 0 unspecified atom stereocenters. The summed E-state index contributed by atoms with van der Waals surface area (Å²) in [5, 5.41) is 4.62. The molecule has 0 saturated heterocycles.